The van der Waals surface area contributed by atoms with Crippen molar-refractivity contribution >= 4 is 23.7 Å². The maximum atomic E-state index is 12.7. The van der Waals surface area contributed by atoms with Gasteiger partial charge < -0.3 is 23.7 Å². The normalized spacial score (nSPS) is 10.3. The topological polar surface area (TPSA) is 114 Å². The van der Waals surface area contributed by atoms with Crippen LogP contribution in [-0.4, -0.2) is 43.5 Å². The van der Waals surface area contributed by atoms with Crippen LogP contribution in [0.5, 0.6) is 23.0 Å². The van der Waals surface area contributed by atoms with E-state index in [1.165, 1.54) is 6.08 Å². The average molecular weight is 615 g/mol. The molecule has 45 heavy (non-hydrogen) atoms. The quantitative estimate of drug-likeness (QED) is 0.0608. The molecule has 0 N–H and O–H groups in total. The van der Waals surface area contributed by atoms with Crippen LogP contribution >= 0.6 is 0 Å². The third-order valence-corrected chi connectivity index (χ3v) is 6.52. The van der Waals surface area contributed by atoms with Gasteiger partial charge in [0.15, 0.2) is 5.78 Å². The predicted molar refractivity (Wildman–Crippen MR) is 169 cm³/mol. The first-order chi connectivity index (χ1) is 21.8. The van der Waals surface area contributed by atoms with Crippen molar-refractivity contribution < 1.29 is 42.9 Å². The molecule has 3 aromatic rings. The van der Waals surface area contributed by atoms with Crippen molar-refractivity contribution in [3.8, 4) is 23.0 Å². The van der Waals surface area contributed by atoms with Crippen LogP contribution in [0.3, 0.4) is 0 Å². The minimum Gasteiger partial charge on any atom is -0.494 e. The van der Waals surface area contributed by atoms with E-state index in [0.717, 1.165) is 25.3 Å². The number of hydrogen-bond acceptors (Lipinski definition) is 9. The molecule has 3 rings (SSSR count). The van der Waals surface area contributed by atoms with Crippen molar-refractivity contribution in [2.75, 3.05) is 19.8 Å². The molecule has 0 aliphatic rings. The summed E-state index contributed by atoms with van der Waals surface area (Å²) in [6.07, 6.45) is 6.83. The largest absolute Gasteiger partial charge is 0.494 e. The molecule has 3 aromatic carbocycles. The first kappa shape index (κ1) is 34.3. The third-order valence-electron chi connectivity index (χ3n) is 6.52. The number of ketones is 1. The van der Waals surface area contributed by atoms with Crippen LogP contribution < -0.4 is 18.9 Å². The van der Waals surface area contributed by atoms with Crippen molar-refractivity contribution in [3.63, 3.8) is 0 Å². The summed E-state index contributed by atoms with van der Waals surface area (Å²) in [7, 11) is 0. The van der Waals surface area contributed by atoms with Gasteiger partial charge in [0.25, 0.3) is 0 Å². The SMILES string of the molecule is C=CC(=O)CCCCCOc1ccc(C(=O)Oc2ccc(OC(=O)c3ccc(OCCCCOC(=O)C=C)cc3)cc2C)cc1. The summed E-state index contributed by atoms with van der Waals surface area (Å²) in [5.41, 5.74) is 1.33. The molecule has 0 aliphatic heterocycles. The Kier molecular flexibility index (Phi) is 14.1. The highest BCUT2D eigenvalue weighted by atomic mass is 16.5. The highest BCUT2D eigenvalue weighted by Gasteiger charge is 2.14. The van der Waals surface area contributed by atoms with Crippen LogP contribution in [0.4, 0.5) is 0 Å². The Morgan fingerprint density at radius 1 is 0.622 bits per heavy atom. The molecule has 9 heteroatoms. The Bertz CT molecular complexity index is 1460. The molecule has 0 atom stereocenters. The Labute approximate surface area is 263 Å². The zero-order valence-electron chi connectivity index (χ0n) is 25.5. The fourth-order valence-corrected chi connectivity index (χ4v) is 4.00. The number of hydrogen-bond donors (Lipinski definition) is 0. The van der Waals surface area contributed by atoms with Gasteiger partial charge in [0.05, 0.1) is 30.9 Å². The van der Waals surface area contributed by atoms with Gasteiger partial charge in [-0.25, -0.2) is 14.4 Å². The third kappa shape index (κ3) is 12.1. The molecule has 0 unspecified atom stereocenters. The molecule has 236 valence electrons. The molecule has 0 saturated heterocycles. The van der Waals surface area contributed by atoms with Crippen LogP contribution in [0.2, 0.25) is 0 Å². The molecule has 0 bridgehead atoms. The van der Waals surface area contributed by atoms with E-state index in [1.54, 1.807) is 73.7 Å². The monoisotopic (exact) mass is 614 g/mol. The number of ether oxygens (including phenoxy) is 5. The van der Waals surface area contributed by atoms with E-state index in [0.29, 0.717) is 78.8 Å². The lowest BCUT2D eigenvalue weighted by atomic mass is 10.1. The van der Waals surface area contributed by atoms with Gasteiger partial charge in [-0.3, -0.25) is 4.79 Å². The van der Waals surface area contributed by atoms with E-state index < -0.39 is 17.9 Å². The van der Waals surface area contributed by atoms with Crippen molar-refractivity contribution in [1.82, 2.24) is 0 Å². The van der Waals surface area contributed by atoms with Crippen LogP contribution in [0.25, 0.3) is 0 Å². The summed E-state index contributed by atoms with van der Waals surface area (Å²) < 4.78 is 27.3. The van der Waals surface area contributed by atoms with E-state index in [9.17, 15) is 19.2 Å². The molecule has 0 aliphatic carbocycles. The summed E-state index contributed by atoms with van der Waals surface area (Å²) in [5, 5.41) is 0. The number of carbonyl (C=O) groups is 4. The second-order valence-corrected chi connectivity index (χ2v) is 10.0. The molecule has 0 fully saturated rings. The highest BCUT2D eigenvalue weighted by Crippen LogP contribution is 2.26. The second kappa shape index (κ2) is 18.5. The zero-order chi connectivity index (χ0) is 32.4. The Hall–Kier alpha value is -5.18. The van der Waals surface area contributed by atoms with Crippen molar-refractivity contribution in [3.05, 3.63) is 109 Å². The summed E-state index contributed by atoms with van der Waals surface area (Å²) in [6.45, 7) is 9.81. The van der Waals surface area contributed by atoms with E-state index in [4.69, 9.17) is 23.7 Å². The van der Waals surface area contributed by atoms with E-state index in [1.807, 2.05) is 0 Å². The Morgan fingerprint density at radius 2 is 1.16 bits per heavy atom. The number of carbonyl (C=O) groups excluding carboxylic acids is 4. The highest BCUT2D eigenvalue weighted by molar-refractivity contribution is 5.92. The van der Waals surface area contributed by atoms with Crippen LogP contribution in [-0.2, 0) is 14.3 Å². The number of rotatable bonds is 19. The standard InChI is InChI=1S/C36H38O9/c1-4-29(37)11-7-6-8-22-41-30-18-14-28(15-19-30)36(40)45-33-21-20-32(25-26(33)3)44-35(39)27-12-16-31(17-13-27)42-23-9-10-24-43-34(38)5-2/h4-5,12-21,25H,1-2,6-11,22-24H2,3H3. The molecule has 0 spiro atoms. The predicted octanol–water partition coefficient (Wildman–Crippen LogP) is 7.02. The molecule has 0 radical (unpaired) electrons. The van der Waals surface area contributed by atoms with Gasteiger partial charge in [-0.1, -0.05) is 13.2 Å². The lowest BCUT2D eigenvalue weighted by Crippen LogP contribution is -2.10. The maximum absolute atomic E-state index is 12.7. The molecule has 0 aromatic heterocycles. The minimum absolute atomic E-state index is 0.0502. The number of unbranched alkanes of at least 4 members (excludes halogenated alkanes) is 3. The van der Waals surface area contributed by atoms with Gasteiger partial charge in [-0.05, 0) is 117 Å². The van der Waals surface area contributed by atoms with Crippen molar-refractivity contribution in [1.29, 1.82) is 0 Å². The fraction of sp³-hybridized carbons (Fsp3) is 0.278. The van der Waals surface area contributed by atoms with Crippen molar-refractivity contribution in [2.24, 2.45) is 0 Å². The fourth-order valence-electron chi connectivity index (χ4n) is 4.00. The van der Waals surface area contributed by atoms with Gasteiger partial charge in [0, 0.05) is 12.5 Å². The minimum atomic E-state index is -0.542. The van der Waals surface area contributed by atoms with E-state index >= 15 is 0 Å². The molecular weight excluding hydrogens is 576 g/mol. The van der Waals surface area contributed by atoms with Gasteiger partial charge in [-0.2, -0.15) is 0 Å². The molecule has 0 amide bonds. The molecule has 0 heterocycles. The van der Waals surface area contributed by atoms with Gasteiger partial charge in [0.2, 0.25) is 0 Å². The maximum Gasteiger partial charge on any atom is 0.343 e. The number of benzene rings is 3. The van der Waals surface area contributed by atoms with E-state index in [-0.39, 0.29) is 5.78 Å². The molecular formula is C36H38O9. The number of allylic oxidation sites excluding steroid dienone is 1. The lowest BCUT2D eigenvalue weighted by Gasteiger charge is -2.11. The molecule has 9 nitrogen and oxygen atoms in total. The second-order valence-electron chi connectivity index (χ2n) is 10.0. The Balaban J connectivity index is 1.41. The van der Waals surface area contributed by atoms with Gasteiger partial charge in [-0.15, -0.1) is 0 Å². The van der Waals surface area contributed by atoms with Crippen molar-refractivity contribution in [2.45, 2.75) is 45.4 Å². The summed E-state index contributed by atoms with van der Waals surface area (Å²) >= 11 is 0. The number of aryl methyl sites for hydroxylation is 1. The van der Waals surface area contributed by atoms with Crippen LogP contribution in [0.1, 0.15) is 64.8 Å². The molecule has 0 saturated carbocycles. The summed E-state index contributed by atoms with van der Waals surface area (Å²) in [5.74, 6) is 0.423. The first-order valence-electron chi connectivity index (χ1n) is 14.7. The smallest absolute Gasteiger partial charge is 0.343 e. The van der Waals surface area contributed by atoms with Gasteiger partial charge in [0.1, 0.15) is 23.0 Å². The van der Waals surface area contributed by atoms with E-state index in [2.05, 4.69) is 13.2 Å². The number of esters is 3. The van der Waals surface area contributed by atoms with Crippen LogP contribution in [0, 0.1) is 6.92 Å². The lowest BCUT2D eigenvalue weighted by molar-refractivity contribution is -0.137. The van der Waals surface area contributed by atoms with Crippen LogP contribution in [0.15, 0.2) is 92.0 Å². The first-order valence-corrected chi connectivity index (χ1v) is 14.7. The Morgan fingerprint density at radius 3 is 1.71 bits per heavy atom. The average Bonchev–Trinajstić information content (AvgIpc) is 3.05. The zero-order valence-corrected chi connectivity index (χ0v) is 25.5. The van der Waals surface area contributed by atoms with Gasteiger partial charge >= 0.3 is 17.9 Å². The summed E-state index contributed by atoms with van der Waals surface area (Å²) in [6, 6.07) is 18.0. The summed E-state index contributed by atoms with van der Waals surface area (Å²) in [4.78, 5) is 47.6.